The lowest BCUT2D eigenvalue weighted by Gasteiger charge is -2.22. The average molecular weight is 288 g/mol. The second-order valence-corrected chi connectivity index (χ2v) is 5.29. The molecule has 0 aromatic carbocycles. The lowest BCUT2D eigenvalue weighted by atomic mass is 10.0. The molecule has 3 unspecified atom stereocenters. The van der Waals surface area contributed by atoms with Gasteiger partial charge < -0.3 is 14.8 Å². The monoisotopic (exact) mass is 287 g/mol. The fourth-order valence-electron chi connectivity index (χ4n) is 2.44. The topological polar surface area (TPSA) is 45.4 Å². The van der Waals surface area contributed by atoms with Crippen molar-refractivity contribution >= 4 is 15.9 Å². The van der Waals surface area contributed by atoms with Gasteiger partial charge >= 0.3 is 0 Å². The van der Waals surface area contributed by atoms with Gasteiger partial charge in [0.2, 0.25) is 0 Å². The second-order valence-electron chi connectivity index (χ2n) is 4.51. The van der Waals surface area contributed by atoms with Crippen LogP contribution in [0, 0.1) is 5.92 Å². The molecule has 16 heavy (non-hydrogen) atoms. The summed E-state index contributed by atoms with van der Waals surface area (Å²) in [6, 6.07) is 4.50. The molecule has 2 N–H and O–H groups in total. The first-order chi connectivity index (χ1) is 7.70. The zero-order valence-electron chi connectivity index (χ0n) is 9.45. The third-order valence-corrected chi connectivity index (χ3v) is 3.80. The Hall–Kier alpha value is -0.320. The number of furan rings is 1. The van der Waals surface area contributed by atoms with Crippen LogP contribution < -0.4 is 5.32 Å². The quantitative estimate of drug-likeness (QED) is 0.895. The van der Waals surface area contributed by atoms with Crippen molar-refractivity contribution in [3.05, 3.63) is 22.6 Å². The summed E-state index contributed by atoms with van der Waals surface area (Å²) in [5.41, 5.74) is 0. The Morgan fingerprint density at radius 1 is 1.56 bits per heavy atom. The molecule has 1 aliphatic rings. The number of aliphatic hydroxyl groups excluding tert-OH is 1. The van der Waals surface area contributed by atoms with Crippen molar-refractivity contribution < 1.29 is 9.52 Å². The van der Waals surface area contributed by atoms with E-state index in [0.29, 0.717) is 12.0 Å². The molecule has 0 amide bonds. The van der Waals surface area contributed by atoms with E-state index in [4.69, 9.17) is 4.42 Å². The highest BCUT2D eigenvalue weighted by Crippen LogP contribution is 2.28. The van der Waals surface area contributed by atoms with Crippen molar-refractivity contribution in [2.75, 3.05) is 6.61 Å². The van der Waals surface area contributed by atoms with E-state index in [2.05, 4.69) is 28.2 Å². The maximum atomic E-state index is 9.25. The van der Waals surface area contributed by atoms with Gasteiger partial charge in [0, 0.05) is 12.6 Å². The number of hydrogen-bond acceptors (Lipinski definition) is 3. The summed E-state index contributed by atoms with van der Waals surface area (Å²) in [7, 11) is 0. The third-order valence-electron chi connectivity index (χ3n) is 3.38. The van der Waals surface area contributed by atoms with E-state index in [-0.39, 0.29) is 12.6 Å². The molecule has 1 aromatic heterocycles. The molecule has 4 heteroatoms. The predicted octanol–water partition coefficient (Wildman–Crippen LogP) is 2.85. The van der Waals surface area contributed by atoms with E-state index in [1.54, 1.807) is 0 Å². The molecule has 3 atom stereocenters. The minimum absolute atomic E-state index is 0.198. The van der Waals surface area contributed by atoms with Crippen LogP contribution in [0.25, 0.3) is 0 Å². The first kappa shape index (κ1) is 12.1. The lowest BCUT2D eigenvalue weighted by molar-refractivity contribution is 0.198. The standard InChI is InChI=1S/C12H18BrNO2/c1-8(11-5-6-12(13)16-11)14-10-4-2-3-9(10)7-15/h5-6,8-10,14-15H,2-4,7H2,1H3. The summed E-state index contributed by atoms with van der Waals surface area (Å²) in [6.45, 7) is 2.38. The lowest BCUT2D eigenvalue weighted by Crippen LogP contribution is -2.35. The van der Waals surface area contributed by atoms with E-state index >= 15 is 0 Å². The molecular formula is C12H18BrNO2. The molecule has 90 valence electrons. The van der Waals surface area contributed by atoms with E-state index in [0.717, 1.165) is 23.3 Å². The van der Waals surface area contributed by atoms with E-state index in [1.807, 2.05) is 12.1 Å². The molecule has 1 fully saturated rings. The maximum Gasteiger partial charge on any atom is 0.169 e. The van der Waals surface area contributed by atoms with Crippen LogP contribution in [-0.4, -0.2) is 17.8 Å². The van der Waals surface area contributed by atoms with E-state index in [9.17, 15) is 5.11 Å². The highest BCUT2D eigenvalue weighted by molar-refractivity contribution is 9.10. The number of rotatable bonds is 4. The number of hydrogen-bond donors (Lipinski definition) is 2. The fraction of sp³-hybridized carbons (Fsp3) is 0.667. The predicted molar refractivity (Wildman–Crippen MR) is 66.2 cm³/mol. The van der Waals surface area contributed by atoms with Crippen molar-refractivity contribution in [2.24, 2.45) is 5.92 Å². The Bertz CT molecular complexity index is 340. The molecule has 0 aliphatic heterocycles. The van der Waals surface area contributed by atoms with Crippen molar-refractivity contribution in [3.8, 4) is 0 Å². The number of nitrogens with one attached hydrogen (secondary N) is 1. The Morgan fingerprint density at radius 3 is 3.00 bits per heavy atom. The summed E-state index contributed by atoms with van der Waals surface area (Å²) in [4.78, 5) is 0. The molecule has 0 radical (unpaired) electrons. The minimum atomic E-state index is 0.198. The smallest absolute Gasteiger partial charge is 0.169 e. The van der Waals surface area contributed by atoms with Crippen molar-refractivity contribution in [2.45, 2.75) is 38.3 Å². The van der Waals surface area contributed by atoms with Crippen LogP contribution in [0.15, 0.2) is 21.2 Å². The van der Waals surface area contributed by atoms with Gasteiger partial charge in [-0.3, -0.25) is 0 Å². The molecule has 0 bridgehead atoms. The highest BCUT2D eigenvalue weighted by atomic mass is 79.9. The van der Waals surface area contributed by atoms with Crippen LogP contribution in [0.1, 0.15) is 38.0 Å². The zero-order chi connectivity index (χ0) is 11.5. The molecule has 1 saturated carbocycles. The largest absolute Gasteiger partial charge is 0.453 e. The van der Waals surface area contributed by atoms with Gasteiger partial charge in [0.25, 0.3) is 0 Å². The Morgan fingerprint density at radius 2 is 2.38 bits per heavy atom. The van der Waals surface area contributed by atoms with E-state index < -0.39 is 0 Å². The Balaban J connectivity index is 1.94. The SMILES string of the molecule is CC(NC1CCCC1CO)c1ccc(Br)o1. The van der Waals surface area contributed by atoms with Crippen molar-refractivity contribution in [1.82, 2.24) is 5.32 Å². The average Bonchev–Trinajstić information content (AvgIpc) is 2.86. The Labute approximate surface area is 104 Å². The van der Waals surface area contributed by atoms with Gasteiger partial charge in [0.1, 0.15) is 5.76 Å². The number of halogens is 1. The van der Waals surface area contributed by atoms with Gasteiger partial charge in [-0.15, -0.1) is 0 Å². The molecule has 0 saturated heterocycles. The van der Waals surface area contributed by atoms with Gasteiger partial charge in [-0.1, -0.05) is 6.42 Å². The first-order valence-electron chi connectivity index (χ1n) is 5.83. The molecule has 3 nitrogen and oxygen atoms in total. The third kappa shape index (κ3) is 2.67. The summed E-state index contributed by atoms with van der Waals surface area (Å²) in [6.07, 6.45) is 3.48. The first-order valence-corrected chi connectivity index (χ1v) is 6.62. The fourth-order valence-corrected chi connectivity index (χ4v) is 2.76. The van der Waals surface area contributed by atoms with Crippen LogP contribution in [0.2, 0.25) is 0 Å². The Kier molecular flexibility index (Phi) is 4.05. The second kappa shape index (κ2) is 5.34. The summed E-state index contributed by atoms with van der Waals surface area (Å²) in [5, 5.41) is 12.8. The minimum Gasteiger partial charge on any atom is -0.453 e. The van der Waals surface area contributed by atoms with Gasteiger partial charge in [-0.05, 0) is 53.7 Å². The zero-order valence-corrected chi connectivity index (χ0v) is 11.0. The highest BCUT2D eigenvalue weighted by Gasteiger charge is 2.28. The van der Waals surface area contributed by atoms with Crippen molar-refractivity contribution in [3.63, 3.8) is 0 Å². The van der Waals surface area contributed by atoms with Crippen LogP contribution in [0.5, 0.6) is 0 Å². The normalized spacial score (nSPS) is 27.2. The van der Waals surface area contributed by atoms with Crippen LogP contribution in [0.3, 0.4) is 0 Å². The van der Waals surface area contributed by atoms with Gasteiger partial charge in [0.05, 0.1) is 6.04 Å². The summed E-state index contributed by atoms with van der Waals surface area (Å²) in [5.74, 6) is 1.34. The van der Waals surface area contributed by atoms with Gasteiger partial charge in [-0.2, -0.15) is 0 Å². The van der Waals surface area contributed by atoms with E-state index in [1.165, 1.54) is 6.42 Å². The maximum absolute atomic E-state index is 9.25. The van der Waals surface area contributed by atoms with Crippen molar-refractivity contribution in [1.29, 1.82) is 0 Å². The van der Waals surface area contributed by atoms with Crippen LogP contribution >= 0.6 is 15.9 Å². The molecule has 1 aromatic rings. The van der Waals surface area contributed by atoms with Crippen LogP contribution in [0.4, 0.5) is 0 Å². The summed E-state index contributed by atoms with van der Waals surface area (Å²) >= 11 is 3.30. The molecule has 1 heterocycles. The molecular weight excluding hydrogens is 270 g/mol. The number of aliphatic hydroxyl groups is 1. The molecule has 0 spiro atoms. The van der Waals surface area contributed by atoms with Crippen LogP contribution in [-0.2, 0) is 0 Å². The summed E-state index contributed by atoms with van der Waals surface area (Å²) < 4.78 is 6.28. The molecule has 2 rings (SSSR count). The van der Waals surface area contributed by atoms with Gasteiger partial charge in [-0.25, -0.2) is 0 Å². The molecule has 1 aliphatic carbocycles. The van der Waals surface area contributed by atoms with Gasteiger partial charge in [0.15, 0.2) is 4.67 Å².